The van der Waals surface area contributed by atoms with Crippen LogP contribution in [0.3, 0.4) is 0 Å². The fraction of sp³-hybridized carbons (Fsp3) is 0.500. The largest absolute Gasteiger partial charge is 0.337 e. The number of carbonyl (C=O) groups excluding carboxylic acids is 1. The van der Waals surface area contributed by atoms with Crippen LogP contribution in [-0.4, -0.2) is 38.4 Å². The highest BCUT2D eigenvalue weighted by atomic mass is 32.2. The number of carbonyl (C=O) groups is 1. The van der Waals surface area contributed by atoms with E-state index in [-0.39, 0.29) is 22.4 Å². The van der Waals surface area contributed by atoms with Crippen molar-refractivity contribution in [2.75, 3.05) is 13.1 Å². The van der Waals surface area contributed by atoms with E-state index in [9.17, 15) is 17.6 Å². The smallest absolute Gasteiger partial charge is 0.256 e. The van der Waals surface area contributed by atoms with Gasteiger partial charge in [0.15, 0.2) is 0 Å². The van der Waals surface area contributed by atoms with E-state index in [1.807, 2.05) is 0 Å². The summed E-state index contributed by atoms with van der Waals surface area (Å²) < 4.78 is 36.6. The third-order valence-corrected chi connectivity index (χ3v) is 5.33. The number of sulfonamides is 1. The molecule has 2 atom stereocenters. The van der Waals surface area contributed by atoms with Gasteiger partial charge in [-0.2, -0.15) is 0 Å². The van der Waals surface area contributed by atoms with Crippen molar-refractivity contribution < 1.29 is 17.6 Å². The quantitative estimate of drug-likeness (QED) is 0.831. The van der Waals surface area contributed by atoms with Gasteiger partial charge in [-0.05, 0) is 42.9 Å². The predicted octanol–water partition coefficient (Wildman–Crippen LogP) is 0.282. The van der Waals surface area contributed by atoms with E-state index >= 15 is 0 Å². The number of rotatable bonds is 3. The van der Waals surface area contributed by atoms with Gasteiger partial charge in [0.2, 0.25) is 10.0 Å². The van der Waals surface area contributed by atoms with E-state index in [0.717, 1.165) is 31.0 Å². The summed E-state index contributed by atoms with van der Waals surface area (Å²) in [5.41, 5.74) is 5.78. The summed E-state index contributed by atoms with van der Waals surface area (Å²) in [7, 11) is -3.99. The monoisotopic (exact) mass is 327 g/mol. The minimum atomic E-state index is -3.99. The molecule has 6 nitrogen and oxygen atoms in total. The summed E-state index contributed by atoms with van der Waals surface area (Å²) in [6.45, 7) is 0.850. The third-order valence-electron chi connectivity index (χ3n) is 4.42. The first-order valence-electron chi connectivity index (χ1n) is 7.14. The Kier molecular flexibility index (Phi) is 3.70. The van der Waals surface area contributed by atoms with Crippen LogP contribution in [0.15, 0.2) is 23.1 Å². The predicted molar refractivity (Wildman–Crippen MR) is 77.9 cm³/mol. The third kappa shape index (κ3) is 2.86. The van der Waals surface area contributed by atoms with Crippen LogP contribution in [0, 0.1) is 17.7 Å². The van der Waals surface area contributed by atoms with Crippen molar-refractivity contribution in [1.82, 2.24) is 4.90 Å². The minimum absolute atomic E-state index is 0.110. The minimum Gasteiger partial charge on any atom is -0.337 e. The van der Waals surface area contributed by atoms with E-state index in [1.54, 1.807) is 0 Å². The van der Waals surface area contributed by atoms with Crippen molar-refractivity contribution >= 4 is 15.9 Å². The Balaban J connectivity index is 1.86. The van der Waals surface area contributed by atoms with Crippen molar-refractivity contribution in [3.8, 4) is 0 Å². The topological polar surface area (TPSA) is 106 Å². The highest BCUT2D eigenvalue weighted by Gasteiger charge is 2.42. The molecule has 1 aliphatic heterocycles. The van der Waals surface area contributed by atoms with Crippen LogP contribution in [0.4, 0.5) is 4.39 Å². The average molecular weight is 327 g/mol. The van der Waals surface area contributed by atoms with Crippen LogP contribution in [0.2, 0.25) is 0 Å². The molecule has 1 heterocycles. The standard InChI is InChI=1S/C14H18FN3O3S/c15-12-4-3-9(22(17,20)21)5-10(12)14(19)18-6-11(8-1-2-8)13(16)7-18/h3-5,8,11,13H,1-2,6-7,16H2,(H2,17,20,21)/t11-,13+/m1/s1. The van der Waals surface area contributed by atoms with Gasteiger partial charge in [-0.25, -0.2) is 17.9 Å². The molecule has 1 saturated carbocycles. The molecule has 1 aromatic rings. The van der Waals surface area contributed by atoms with Crippen LogP contribution in [0.25, 0.3) is 0 Å². The van der Waals surface area contributed by atoms with Crippen LogP contribution < -0.4 is 10.9 Å². The van der Waals surface area contributed by atoms with Crippen molar-refractivity contribution in [2.45, 2.75) is 23.8 Å². The molecule has 0 aromatic heterocycles. The molecule has 120 valence electrons. The van der Waals surface area contributed by atoms with E-state index in [2.05, 4.69) is 0 Å². The van der Waals surface area contributed by atoms with Crippen LogP contribution in [-0.2, 0) is 10.0 Å². The van der Waals surface area contributed by atoms with Gasteiger partial charge in [0, 0.05) is 19.1 Å². The molecule has 4 N–H and O–H groups in total. The molecular formula is C14H18FN3O3S. The molecule has 0 unspecified atom stereocenters. The second-order valence-corrected chi connectivity index (χ2v) is 7.62. The van der Waals surface area contributed by atoms with Gasteiger partial charge in [-0.15, -0.1) is 0 Å². The zero-order valence-corrected chi connectivity index (χ0v) is 12.7. The summed E-state index contributed by atoms with van der Waals surface area (Å²) in [6.07, 6.45) is 2.24. The van der Waals surface area contributed by atoms with E-state index < -0.39 is 21.7 Å². The van der Waals surface area contributed by atoms with Gasteiger partial charge < -0.3 is 10.6 Å². The molecule has 1 aliphatic carbocycles. The normalized spacial score (nSPS) is 25.5. The van der Waals surface area contributed by atoms with Crippen molar-refractivity contribution in [3.05, 3.63) is 29.6 Å². The second kappa shape index (κ2) is 5.29. The fourth-order valence-corrected chi connectivity index (χ4v) is 3.60. The lowest BCUT2D eigenvalue weighted by Crippen LogP contribution is -2.33. The zero-order valence-electron chi connectivity index (χ0n) is 11.9. The molecule has 3 rings (SSSR count). The Morgan fingerprint density at radius 2 is 1.95 bits per heavy atom. The lowest BCUT2D eigenvalue weighted by molar-refractivity contribution is 0.0780. The Morgan fingerprint density at radius 1 is 1.27 bits per heavy atom. The number of primary sulfonamides is 1. The Morgan fingerprint density at radius 3 is 2.55 bits per heavy atom. The maximum atomic E-state index is 13.9. The summed E-state index contributed by atoms with van der Waals surface area (Å²) in [5, 5.41) is 5.03. The van der Waals surface area contributed by atoms with Gasteiger partial charge in [-0.3, -0.25) is 4.79 Å². The number of nitrogens with zero attached hydrogens (tertiary/aromatic N) is 1. The van der Waals surface area contributed by atoms with E-state index in [0.29, 0.717) is 19.0 Å². The average Bonchev–Trinajstić information content (AvgIpc) is 3.20. The first-order chi connectivity index (χ1) is 10.3. The first kappa shape index (κ1) is 15.4. The molecule has 2 aliphatic rings. The Bertz CT molecular complexity index is 718. The molecule has 0 spiro atoms. The molecule has 0 radical (unpaired) electrons. The number of nitrogens with two attached hydrogens (primary N) is 2. The number of benzene rings is 1. The molecule has 1 aromatic carbocycles. The summed E-state index contributed by atoms with van der Waals surface area (Å²) in [4.78, 5) is 13.7. The van der Waals surface area contributed by atoms with Gasteiger partial charge in [-0.1, -0.05) is 0 Å². The zero-order chi connectivity index (χ0) is 16.1. The SMILES string of the molecule is N[C@H]1CN(C(=O)c2cc(S(N)(=O)=O)ccc2F)C[C@@H]1C1CC1. The number of halogens is 1. The number of hydrogen-bond donors (Lipinski definition) is 2. The molecule has 22 heavy (non-hydrogen) atoms. The van der Waals surface area contributed by atoms with Crippen LogP contribution in [0.1, 0.15) is 23.2 Å². The lowest BCUT2D eigenvalue weighted by Gasteiger charge is -2.17. The number of amides is 1. The van der Waals surface area contributed by atoms with Crippen molar-refractivity contribution in [2.24, 2.45) is 22.7 Å². The first-order valence-corrected chi connectivity index (χ1v) is 8.69. The van der Waals surface area contributed by atoms with Crippen LogP contribution >= 0.6 is 0 Å². The molecular weight excluding hydrogens is 309 g/mol. The molecule has 8 heteroatoms. The van der Waals surface area contributed by atoms with Gasteiger partial charge in [0.05, 0.1) is 10.5 Å². The van der Waals surface area contributed by atoms with Gasteiger partial charge in [0.1, 0.15) is 5.82 Å². The highest BCUT2D eigenvalue weighted by molar-refractivity contribution is 7.89. The number of hydrogen-bond acceptors (Lipinski definition) is 4. The van der Waals surface area contributed by atoms with Gasteiger partial charge >= 0.3 is 0 Å². The van der Waals surface area contributed by atoms with E-state index in [1.165, 1.54) is 4.90 Å². The molecule has 1 amide bonds. The summed E-state index contributed by atoms with van der Waals surface area (Å²) in [6, 6.07) is 2.87. The van der Waals surface area contributed by atoms with Crippen molar-refractivity contribution in [3.63, 3.8) is 0 Å². The second-order valence-electron chi connectivity index (χ2n) is 6.06. The Hall–Kier alpha value is -1.51. The molecule has 0 bridgehead atoms. The fourth-order valence-electron chi connectivity index (χ4n) is 3.06. The molecule has 1 saturated heterocycles. The molecule has 2 fully saturated rings. The van der Waals surface area contributed by atoms with Crippen LogP contribution in [0.5, 0.6) is 0 Å². The van der Waals surface area contributed by atoms with Crippen molar-refractivity contribution in [1.29, 1.82) is 0 Å². The number of likely N-dealkylation sites (tertiary alicyclic amines) is 1. The highest BCUT2D eigenvalue weighted by Crippen LogP contribution is 2.41. The Labute approximate surface area is 128 Å². The summed E-state index contributed by atoms with van der Waals surface area (Å²) >= 11 is 0. The summed E-state index contributed by atoms with van der Waals surface area (Å²) in [5.74, 6) is -0.510. The maximum absolute atomic E-state index is 13.9. The maximum Gasteiger partial charge on any atom is 0.256 e. The lowest BCUT2D eigenvalue weighted by atomic mass is 9.99. The van der Waals surface area contributed by atoms with Gasteiger partial charge in [0.25, 0.3) is 5.91 Å². The van der Waals surface area contributed by atoms with E-state index in [4.69, 9.17) is 10.9 Å².